The van der Waals surface area contributed by atoms with Crippen molar-refractivity contribution < 1.29 is 4.42 Å². The van der Waals surface area contributed by atoms with Crippen molar-refractivity contribution in [1.82, 2.24) is 15.0 Å². The molecular weight excluding hydrogens is 1620 g/mol. The Bertz CT molecular complexity index is 5770. The van der Waals surface area contributed by atoms with Crippen molar-refractivity contribution in [3.05, 3.63) is 561 Å². The van der Waals surface area contributed by atoms with E-state index < -0.39 is 0 Å². The van der Waals surface area contributed by atoms with Crippen LogP contribution in [0.2, 0.25) is 0 Å². The second-order valence-electron chi connectivity index (χ2n) is 28.3. The molecule has 2 aliphatic carbocycles. The Morgan fingerprint density at radius 2 is 0.447 bits per heavy atom. The molecule has 0 saturated carbocycles. The number of aromatic nitrogens is 3. The van der Waals surface area contributed by atoms with Gasteiger partial charge in [-0.2, -0.15) is 0 Å². The first-order valence-electron chi connectivity index (χ1n) is 46.9. The van der Waals surface area contributed by atoms with Crippen LogP contribution in [0.5, 0.6) is 0 Å². The SMILES string of the molecule is CC.CC.CC.CC.CC.CC.CC.c1ccc(-c2ccccn2)cc1.c1ccc(-c2cccnc2)cc1.c1ccc(-c2ccncc2)cc1.c1ccc(C2(c3ccccc3)c3ccccc3-c3ccccc32)cc1.c1ccc(C2(c3ccccc3)c3ccccc3-c3ccccc32)cc1.c1ccc2c(c1)oc1ccccc12.c1ccc2c(c1)sc1ccccc12.c1ccccc1. The number of benzene rings is 16. The molecule has 0 atom stereocenters. The van der Waals surface area contributed by atoms with Crippen molar-refractivity contribution in [1.29, 1.82) is 0 Å². The Morgan fingerprint density at radius 3 is 0.773 bits per heavy atom. The molecule has 132 heavy (non-hydrogen) atoms. The second-order valence-corrected chi connectivity index (χ2v) is 29.4. The van der Waals surface area contributed by atoms with Gasteiger partial charge in [0.1, 0.15) is 11.2 Å². The summed E-state index contributed by atoms with van der Waals surface area (Å²) in [5.74, 6) is 0. The maximum Gasteiger partial charge on any atom is 0.135 e. The molecule has 5 heterocycles. The molecule has 5 aromatic heterocycles. The second kappa shape index (κ2) is 56.3. The van der Waals surface area contributed by atoms with Crippen LogP contribution in [0, 0.1) is 0 Å². The van der Waals surface area contributed by atoms with E-state index in [0.29, 0.717) is 0 Å². The van der Waals surface area contributed by atoms with E-state index in [4.69, 9.17) is 4.42 Å². The van der Waals surface area contributed by atoms with Gasteiger partial charge in [-0.15, -0.1) is 11.3 Å². The number of nitrogens with zero attached hydrogens (tertiary/aromatic N) is 3. The monoisotopic (exact) mass is 1740 g/mol. The number of hydrogen-bond donors (Lipinski definition) is 0. The van der Waals surface area contributed by atoms with Crippen LogP contribution in [0.1, 0.15) is 141 Å². The first kappa shape index (κ1) is 101. The normalized spacial score (nSPS) is 10.8. The first-order chi connectivity index (χ1) is 65.6. The third-order valence-electron chi connectivity index (χ3n) is 21.3. The Morgan fingerprint density at radius 1 is 0.189 bits per heavy atom. The molecule has 0 N–H and O–H groups in total. The average molecular weight is 1740 g/mol. The number of furan rings is 1. The zero-order chi connectivity index (χ0) is 93.7. The van der Waals surface area contributed by atoms with Gasteiger partial charge in [-0.3, -0.25) is 15.0 Å². The van der Waals surface area contributed by atoms with Crippen molar-refractivity contribution in [3.8, 4) is 55.8 Å². The first-order valence-corrected chi connectivity index (χ1v) is 47.7. The molecule has 0 saturated heterocycles. The van der Waals surface area contributed by atoms with Crippen LogP contribution in [0.25, 0.3) is 97.9 Å². The number of fused-ring (bicyclic) bond motifs is 12. The molecule has 21 aromatic rings. The van der Waals surface area contributed by atoms with Gasteiger partial charge in [0.05, 0.1) is 16.5 Å². The Kier molecular flexibility index (Phi) is 43.0. The number of thiophene rings is 1. The highest BCUT2D eigenvalue weighted by Crippen LogP contribution is 2.57. The number of hydrogen-bond acceptors (Lipinski definition) is 5. The van der Waals surface area contributed by atoms with Crippen LogP contribution in [0.3, 0.4) is 0 Å². The van der Waals surface area contributed by atoms with Crippen LogP contribution in [0.15, 0.2) is 521 Å². The lowest BCUT2D eigenvalue weighted by molar-refractivity contribution is 0.669. The Balaban J connectivity index is 0.000000171. The van der Waals surface area contributed by atoms with E-state index in [9.17, 15) is 0 Å². The predicted molar refractivity (Wildman–Crippen MR) is 575 cm³/mol. The molecular formula is C127H127N3OS. The van der Waals surface area contributed by atoms with E-state index in [-0.39, 0.29) is 10.8 Å². The van der Waals surface area contributed by atoms with Gasteiger partial charge in [0.2, 0.25) is 0 Å². The summed E-state index contributed by atoms with van der Waals surface area (Å²) < 4.78 is 8.41. The standard InChI is InChI=1S/2C25H18.C12H8O.C12H8S.3C11H9N.C6H6.7C2H6/c2*1-3-11-19(12-4-1)25(20-13-5-2-6-14-20)23-17-9-7-15-21(23)22-16-8-10-18-24(22)25;2*1-3-7-11-9(5-1)10-6-2-4-8-12(10)13-11;1-2-6-10(7-3-1)11-8-4-5-9-12-11;1-2-5-10(6-3-1)11-7-4-8-12-9-11;1-2-4-10(5-3-1)11-6-8-12-9-7-11;1-2-4-6-5-3-1;7*1-2/h2*1-18H;2*1-8H;3*1-9H;1-6H;7*1-2H3. The lowest BCUT2D eigenvalue weighted by Crippen LogP contribution is -2.28. The van der Waals surface area contributed by atoms with E-state index in [0.717, 1.165) is 28.0 Å². The van der Waals surface area contributed by atoms with Gasteiger partial charge in [-0.25, -0.2) is 0 Å². The fourth-order valence-corrected chi connectivity index (χ4v) is 17.1. The zero-order valence-corrected chi connectivity index (χ0v) is 80.0. The maximum atomic E-state index is 5.65. The highest BCUT2D eigenvalue weighted by molar-refractivity contribution is 7.25. The molecule has 0 spiro atoms. The van der Waals surface area contributed by atoms with Gasteiger partial charge in [-0.1, -0.05) is 528 Å². The Hall–Kier alpha value is -15.0. The molecule has 0 fully saturated rings. The fourth-order valence-electron chi connectivity index (χ4n) is 16.0. The summed E-state index contributed by atoms with van der Waals surface area (Å²) in [6.07, 6.45) is 9.08. The Labute approximate surface area is 791 Å². The van der Waals surface area contributed by atoms with Crippen LogP contribution < -0.4 is 0 Å². The summed E-state index contributed by atoms with van der Waals surface area (Å²) in [5, 5.41) is 5.14. The quantitative estimate of drug-likeness (QED) is 0.160. The van der Waals surface area contributed by atoms with E-state index in [1.165, 1.54) is 114 Å². The minimum atomic E-state index is -0.254. The smallest absolute Gasteiger partial charge is 0.135 e. The van der Waals surface area contributed by atoms with E-state index in [1.54, 1.807) is 6.20 Å². The minimum Gasteiger partial charge on any atom is -0.456 e. The molecule has 0 unspecified atom stereocenters. The lowest BCUT2D eigenvalue weighted by atomic mass is 9.68. The molecule has 4 nitrogen and oxygen atoms in total. The summed E-state index contributed by atoms with van der Waals surface area (Å²) in [6.45, 7) is 28.0. The molecule has 23 rings (SSSR count). The third kappa shape index (κ3) is 25.3. The molecule has 0 radical (unpaired) electrons. The van der Waals surface area contributed by atoms with Crippen LogP contribution in [-0.4, -0.2) is 15.0 Å². The topological polar surface area (TPSA) is 51.8 Å². The van der Waals surface area contributed by atoms with Crippen molar-refractivity contribution in [2.75, 3.05) is 0 Å². The highest BCUT2D eigenvalue weighted by Gasteiger charge is 2.47. The molecule has 5 heteroatoms. The summed E-state index contributed by atoms with van der Waals surface area (Å²) in [6, 6.07) is 169. The fraction of sp³-hybridized carbons (Fsp3) is 0.126. The third-order valence-corrected chi connectivity index (χ3v) is 22.4. The zero-order valence-electron chi connectivity index (χ0n) is 79.2. The number of pyridine rings is 3. The van der Waals surface area contributed by atoms with Gasteiger partial charge in [0.15, 0.2) is 0 Å². The molecule has 0 amide bonds. The minimum absolute atomic E-state index is 0.254. The van der Waals surface area contributed by atoms with Gasteiger partial charge in [0, 0.05) is 67.5 Å². The van der Waals surface area contributed by atoms with Crippen molar-refractivity contribution in [2.45, 2.75) is 108 Å². The van der Waals surface area contributed by atoms with Gasteiger partial charge >= 0.3 is 0 Å². The summed E-state index contributed by atoms with van der Waals surface area (Å²) >= 11 is 1.86. The molecule has 0 bridgehead atoms. The number of rotatable bonds is 7. The van der Waals surface area contributed by atoms with Gasteiger partial charge in [0.25, 0.3) is 0 Å². The molecule has 0 aliphatic heterocycles. The van der Waals surface area contributed by atoms with Gasteiger partial charge < -0.3 is 4.42 Å². The molecule has 2 aliphatic rings. The summed E-state index contributed by atoms with van der Waals surface area (Å²) in [5.41, 5.74) is 24.5. The largest absolute Gasteiger partial charge is 0.456 e. The molecule has 16 aromatic carbocycles. The van der Waals surface area contributed by atoms with Crippen molar-refractivity contribution in [2.24, 2.45) is 0 Å². The predicted octanol–water partition coefficient (Wildman–Crippen LogP) is 36.9. The molecule has 662 valence electrons. The average Bonchev–Trinajstić information content (AvgIpc) is 1.55. The maximum absolute atomic E-state index is 5.65. The highest BCUT2D eigenvalue weighted by atomic mass is 32.1. The lowest BCUT2D eigenvalue weighted by Gasteiger charge is -2.33. The van der Waals surface area contributed by atoms with E-state index in [1.807, 2.05) is 297 Å². The summed E-state index contributed by atoms with van der Waals surface area (Å²) in [7, 11) is 0. The van der Waals surface area contributed by atoms with E-state index >= 15 is 0 Å². The van der Waals surface area contributed by atoms with Crippen LogP contribution in [-0.2, 0) is 10.8 Å². The van der Waals surface area contributed by atoms with E-state index in [2.05, 4.69) is 336 Å². The van der Waals surface area contributed by atoms with Crippen molar-refractivity contribution in [3.63, 3.8) is 0 Å². The van der Waals surface area contributed by atoms with Crippen molar-refractivity contribution >= 4 is 53.4 Å². The van der Waals surface area contributed by atoms with Crippen LogP contribution in [0.4, 0.5) is 0 Å². The van der Waals surface area contributed by atoms with Gasteiger partial charge in [-0.05, 0) is 144 Å². The van der Waals surface area contributed by atoms with Crippen LogP contribution >= 0.6 is 11.3 Å². The summed E-state index contributed by atoms with van der Waals surface area (Å²) in [4.78, 5) is 12.3. The number of para-hydroxylation sites is 2.